The number of amides is 1. The Morgan fingerprint density at radius 2 is 1.91 bits per heavy atom. The first-order valence-corrected chi connectivity index (χ1v) is 10.1. The lowest BCUT2D eigenvalue weighted by atomic mass is 10.0. The molecule has 1 aliphatic heterocycles. The van der Waals surface area contributed by atoms with Gasteiger partial charge < -0.3 is 9.47 Å². The van der Waals surface area contributed by atoms with E-state index in [-0.39, 0.29) is 18.9 Å². The van der Waals surface area contributed by atoms with Gasteiger partial charge >= 0.3 is 12.1 Å². The molecular weight excluding hydrogens is 426 g/mol. The van der Waals surface area contributed by atoms with Gasteiger partial charge in [0.1, 0.15) is 13.2 Å². The third-order valence-corrected chi connectivity index (χ3v) is 5.06. The Morgan fingerprint density at radius 3 is 2.58 bits per heavy atom. The smallest absolute Gasteiger partial charge is 0.415 e. The maximum Gasteiger partial charge on any atom is 0.415 e. The van der Waals surface area contributed by atoms with Crippen molar-refractivity contribution in [3.05, 3.63) is 112 Å². The minimum absolute atomic E-state index is 0.0525. The number of cyclic esters (lactones) is 1. The lowest BCUT2D eigenvalue weighted by Crippen LogP contribution is -2.27. The molecule has 9 heteroatoms. The Bertz CT molecular complexity index is 1180. The predicted molar refractivity (Wildman–Crippen MR) is 117 cm³/mol. The van der Waals surface area contributed by atoms with Crippen molar-refractivity contribution in [2.45, 2.75) is 12.6 Å². The number of benzene rings is 2. The maximum atomic E-state index is 12.7. The summed E-state index contributed by atoms with van der Waals surface area (Å²) in [6, 6.07) is 18.1. The van der Waals surface area contributed by atoms with Gasteiger partial charge in [-0.1, -0.05) is 30.3 Å². The summed E-state index contributed by atoms with van der Waals surface area (Å²) >= 11 is 0. The fourth-order valence-electron chi connectivity index (χ4n) is 3.44. The second kappa shape index (κ2) is 9.73. The zero-order valence-corrected chi connectivity index (χ0v) is 17.4. The fraction of sp³-hybridized carbons (Fsp3) is 0.125. The molecule has 0 spiro atoms. The summed E-state index contributed by atoms with van der Waals surface area (Å²) in [5, 5.41) is 10.8. The number of rotatable bonds is 7. The minimum Gasteiger partial charge on any atom is -0.458 e. The summed E-state index contributed by atoms with van der Waals surface area (Å²) in [5.74, 6) is -0.682. The molecule has 0 radical (unpaired) electrons. The average molecular weight is 445 g/mol. The number of carbonyl (C=O) groups excluding carboxylic acids is 2. The Labute approximate surface area is 189 Å². The summed E-state index contributed by atoms with van der Waals surface area (Å²) in [6.45, 7) is 0.0541. The van der Waals surface area contributed by atoms with Crippen LogP contribution in [0, 0.1) is 10.1 Å². The van der Waals surface area contributed by atoms with Crippen molar-refractivity contribution in [1.29, 1.82) is 0 Å². The summed E-state index contributed by atoms with van der Waals surface area (Å²) in [5.41, 5.74) is 2.24. The van der Waals surface area contributed by atoms with Crippen LogP contribution in [0.3, 0.4) is 0 Å². The molecule has 4 rings (SSSR count). The van der Waals surface area contributed by atoms with E-state index in [0.717, 1.165) is 5.56 Å². The molecule has 0 saturated carbocycles. The van der Waals surface area contributed by atoms with Crippen LogP contribution < -0.4 is 0 Å². The van der Waals surface area contributed by atoms with Crippen LogP contribution in [0.4, 0.5) is 10.5 Å². The Kier molecular flexibility index (Phi) is 6.40. The molecule has 9 nitrogen and oxygen atoms in total. The van der Waals surface area contributed by atoms with E-state index in [2.05, 4.69) is 4.98 Å². The van der Waals surface area contributed by atoms with Gasteiger partial charge in [-0.25, -0.2) is 9.59 Å². The van der Waals surface area contributed by atoms with Crippen LogP contribution in [-0.4, -0.2) is 33.5 Å². The number of ether oxygens (including phenoxy) is 2. The van der Waals surface area contributed by atoms with Crippen molar-refractivity contribution in [1.82, 2.24) is 9.88 Å². The molecule has 0 bridgehead atoms. The van der Waals surface area contributed by atoms with Crippen molar-refractivity contribution in [2.24, 2.45) is 0 Å². The largest absolute Gasteiger partial charge is 0.458 e. The average Bonchev–Trinajstić information content (AvgIpc) is 3.23. The first-order valence-electron chi connectivity index (χ1n) is 10.1. The van der Waals surface area contributed by atoms with Crippen molar-refractivity contribution in [3.63, 3.8) is 0 Å². The van der Waals surface area contributed by atoms with E-state index in [1.54, 1.807) is 24.5 Å². The van der Waals surface area contributed by atoms with Crippen molar-refractivity contribution < 1.29 is 24.0 Å². The third-order valence-electron chi connectivity index (χ3n) is 5.06. The maximum absolute atomic E-state index is 12.7. The third kappa shape index (κ3) is 5.04. The summed E-state index contributed by atoms with van der Waals surface area (Å²) in [6.07, 6.45) is 3.78. The summed E-state index contributed by atoms with van der Waals surface area (Å²) in [4.78, 5) is 41.1. The van der Waals surface area contributed by atoms with E-state index in [1.165, 1.54) is 35.2 Å². The topological polar surface area (TPSA) is 112 Å². The Hall–Kier alpha value is -4.53. The molecule has 166 valence electrons. The van der Waals surface area contributed by atoms with E-state index in [9.17, 15) is 19.7 Å². The molecule has 1 aromatic heterocycles. The molecule has 1 atom stereocenters. The standard InChI is InChI=1S/C24H19N3O6/c28-23(32-15-17-8-10-20(11-9-17)27(30)31)13-21(19-7-4-12-25-14-19)26-22(16-33-24(26)29)18-5-2-1-3-6-18/h1-14,22H,15-16H2/t22-/m0/s1. The lowest BCUT2D eigenvalue weighted by Gasteiger charge is -2.24. The number of nitro benzene ring substituents is 1. The zero-order chi connectivity index (χ0) is 23.2. The van der Waals surface area contributed by atoms with Crippen LogP contribution in [0.5, 0.6) is 0 Å². The number of esters is 1. The van der Waals surface area contributed by atoms with Gasteiger partial charge in [-0.15, -0.1) is 0 Å². The number of hydrogen-bond donors (Lipinski definition) is 0. The normalized spacial score (nSPS) is 15.8. The van der Waals surface area contributed by atoms with Gasteiger partial charge in [-0.2, -0.15) is 0 Å². The first-order chi connectivity index (χ1) is 16.0. The molecule has 0 aliphatic carbocycles. The molecule has 2 aromatic carbocycles. The highest BCUT2D eigenvalue weighted by Crippen LogP contribution is 2.35. The van der Waals surface area contributed by atoms with Crippen LogP contribution in [0.2, 0.25) is 0 Å². The number of pyridine rings is 1. The fourth-order valence-corrected chi connectivity index (χ4v) is 3.44. The molecule has 3 aromatic rings. The summed E-state index contributed by atoms with van der Waals surface area (Å²) in [7, 11) is 0. The van der Waals surface area contributed by atoms with Gasteiger partial charge in [0.05, 0.1) is 16.7 Å². The second-order valence-electron chi connectivity index (χ2n) is 7.18. The number of aromatic nitrogens is 1. The van der Waals surface area contributed by atoms with Crippen molar-refractivity contribution >= 4 is 23.4 Å². The number of carbonyl (C=O) groups is 2. The van der Waals surface area contributed by atoms with E-state index in [1.807, 2.05) is 30.3 Å². The molecule has 1 fully saturated rings. The summed E-state index contributed by atoms with van der Waals surface area (Å²) < 4.78 is 10.6. The van der Waals surface area contributed by atoms with E-state index in [0.29, 0.717) is 16.8 Å². The molecule has 0 N–H and O–H groups in total. The number of nitro groups is 1. The molecule has 0 unspecified atom stereocenters. The first kappa shape index (κ1) is 21.7. The number of non-ortho nitro benzene ring substituents is 1. The second-order valence-corrected chi connectivity index (χ2v) is 7.18. The monoisotopic (exact) mass is 445 g/mol. The predicted octanol–water partition coefficient (Wildman–Crippen LogP) is 4.27. The van der Waals surface area contributed by atoms with Gasteiger partial charge in [0.25, 0.3) is 5.69 Å². The van der Waals surface area contributed by atoms with Gasteiger partial charge in [0.2, 0.25) is 0 Å². The molecule has 1 saturated heterocycles. The number of hydrogen-bond acceptors (Lipinski definition) is 7. The van der Waals surface area contributed by atoms with Gasteiger partial charge in [-0.3, -0.25) is 20.0 Å². The minimum atomic E-state index is -0.682. The Balaban J connectivity index is 1.59. The van der Waals surface area contributed by atoms with Crippen molar-refractivity contribution in [3.8, 4) is 0 Å². The molecule has 33 heavy (non-hydrogen) atoms. The van der Waals surface area contributed by atoms with Crippen molar-refractivity contribution in [2.75, 3.05) is 6.61 Å². The molecule has 1 aliphatic rings. The van der Waals surface area contributed by atoms with Crippen LogP contribution in [0.1, 0.15) is 22.7 Å². The number of nitrogens with zero attached hydrogens (tertiary/aromatic N) is 3. The van der Waals surface area contributed by atoms with Crippen LogP contribution >= 0.6 is 0 Å². The Morgan fingerprint density at radius 1 is 1.15 bits per heavy atom. The SMILES string of the molecule is O=C(C=C(c1cccnc1)N1C(=O)OC[C@H]1c1ccccc1)OCc1ccc([N+](=O)[O-])cc1. The molecule has 1 amide bonds. The van der Waals surface area contributed by atoms with Gasteiger partial charge in [-0.05, 0) is 35.4 Å². The highest BCUT2D eigenvalue weighted by Gasteiger charge is 2.37. The highest BCUT2D eigenvalue weighted by atomic mass is 16.6. The van der Waals surface area contributed by atoms with Gasteiger partial charge in [0.15, 0.2) is 0 Å². The molecule has 2 heterocycles. The van der Waals surface area contributed by atoms with Crippen LogP contribution in [0.15, 0.2) is 85.2 Å². The zero-order valence-electron chi connectivity index (χ0n) is 17.4. The van der Waals surface area contributed by atoms with Crippen LogP contribution in [-0.2, 0) is 20.9 Å². The highest BCUT2D eigenvalue weighted by molar-refractivity contribution is 5.95. The lowest BCUT2D eigenvalue weighted by molar-refractivity contribution is -0.384. The van der Waals surface area contributed by atoms with E-state index >= 15 is 0 Å². The van der Waals surface area contributed by atoms with E-state index in [4.69, 9.17) is 9.47 Å². The van der Waals surface area contributed by atoms with Crippen LogP contribution in [0.25, 0.3) is 5.70 Å². The molecular formula is C24H19N3O6. The van der Waals surface area contributed by atoms with E-state index < -0.39 is 23.0 Å². The quantitative estimate of drug-likeness (QED) is 0.231. The van der Waals surface area contributed by atoms with Gasteiger partial charge in [0, 0.05) is 36.2 Å².